The molecular weight excluding hydrogens is 766 g/mol. The standard InChI is InChI=1S/C44H55NO14/c1-23-27(56-38(52)33(49)31(25-15-11-9-12-16-25)45-39(53)59-40(3,4)5)19-20-44(54)36(57-37(51)26-17-13-10-14-18-26)34-42(8,35(50)32(48)30(23)41(44,6)7)28(47)21-29-43(34,22-55-29)58-24(2)46/h9-18,23,27-31,33-34,36,47,49,54H,19-22H2,1-8H3,(H,45,53)/t23?,27-,28-,29+,30?,31?,33+,34-,36-,42+,43-,44+/m0/s1. The number of carbonyl (C=O) groups is 6. The van der Waals surface area contributed by atoms with E-state index in [0.717, 1.165) is 6.92 Å². The van der Waals surface area contributed by atoms with Crippen LogP contribution in [0.5, 0.6) is 0 Å². The summed E-state index contributed by atoms with van der Waals surface area (Å²) in [6.45, 7) is 11.9. The van der Waals surface area contributed by atoms with Crippen LogP contribution < -0.4 is 5.32 Å². The van der Waals surface area contributed by atoms with Gasteiger partial charge in [-0.2, -0.15) is 0 Å². The molecule has 4 aliphatic rings. The van der Waals surface area contributed by atoms with Crippen LogP contribution in [0.1, 0.15) is 96.6 Å². The number of esters is 3. The molecule has 2 bridgehead atoms. The molecule has 15 nitrogen and oxygen atoms in total. The van der Waals surface area contributed by atoms with Gasteiger partial charge in [0.1, 0.15) is 29.5 Å². The van der Waals surface area contributed by atoms with Gasteiger partial charge in [0.05, 0.1) is 35.6 Å². The van der Waals surface area contributed by atoms with Crippen LogP contribution in [0.25, 0.3) is 0 Å². The van der Waals surface area contributed by atoms with Crippen LogP contribution in [0.3, 0.4) is 0 Å². The van der Waals surface area contributed by atoms with Crippen molar-refractivity contribution in [3.05, 3.63) is 71.8 Å². The Labute approximate surface area is 343 Å². The highest BCUT2D eigenvalue weighted by atomic mass is 16.6. The summed E-state index contributed by atoms with van der Waals surface area (Å²) >= 11 is 0. The lowest BCUT2D eigenvalue weighted by Crippen LogP contribution is -2.81. The van der Waals surface area contributed by atoms with E-state index in [0.29, 0.717) is 5.56 Å². The second kappa shape index (κ2) is 15.7. The van der Waals surface area contributed by atoms with Crippen LogP contribution in [-0.2, 0) is 42.9 Å². The van der Waals surface area contributed by atoms with Gasteiger partial charge in [-0.1, -0.05) is 69.3 Å². The number of aliphatic hydroxyl groups excluding tert-OH is 2. The normalized spacial score (nSPS) is 34.7. The maximum Gasteiger partial charge on any atom is 0.408 e. The van der Waals surface area contributed by atoms with Crippen molar-refractivity contribution in [3.63, 3.8) is 0 Å². The molecule has 2 aromatic carbocycles. The Hall–Kier alpha value is -4.70. The van der Waals surface area contributed by atoms with Gasteiger partial charge in [0.2, 0.25) is 11.6 Å². The summed E-state index contributed by atoms with van der Waals surface area (Å²) in [6, 6.07) is 14.8. The zero-order valence-corrected chi connectivity index (χ0v) is 34.6. The summed E-state index contributed by atoms with van der Waals surface area (Å²) in [5.41, 5.74) is -8.10. The second-order valence-corrected chi connectivity index (χ2v) is 18.2. The molecule has 1 aliphatic heterocycles. The van der Waals surface area contributed by atoms with Crippen molar-refractivity contribution in [1.29, 1.82) is 0 Å². The molecule has 4 fully saturated rings. The lowest BCUT2D eigenvalue weighted by molar-refractivity contribution is -0.345. The molecule has 2 aromatic rings. The van der Waals surface area contributed by atoms with Crippen molar-refractivity contribution >= 4 is 35.6 Å². The van der Waals surface area contributed by atoms with Crippen LogP contribution in [0.2, 0.25) is 0 Å². The Kier molecular flexibility index (Phi) is 11.7. The highest BCUT2D eigenvalue weighted by Gasteiger charge is 2.78. The summed E-state index contributed by atoms with van der Waals surface area (Å²) in [4.78, 5) is 83.8. The van der Waals surface area contributed by atoms with E-state index in [1.165, 1.54) is 19.1 Å². The Bertz CT molecular complexity index is 1960. The maximum absolute atomic E-state index is 15.0. The monoisotopic (exact) mass is 821 g/mol. The molecule has 0 aromatic heterocycles. The first kappa shape index (κ1) is 43.9. The van der Waals surface area contributed by atoms with E-state index in [9.17, 15) is 44.1 Å². The molecular formula is C44H55NO14. The van der Waals surface area contributed by atoms with E-state index in [4.69, 9.17) is 23.7 Å². The molecule has 1 saturated heterocycles. The highest BCUT2D eigenvalue weighted by molar-refractivity contribution is 6.40. The molecule has 0 radical (unpaired) electrons. The Morgan fingerprint density at radius 3 is 2.12 bits per heavy atom. The third-order valence-corrected chi connectivity index (χ3v) is 13.2. The number of alkyl carbamates (subject to hydrolysis) is 1. The number of nitrogens with one attached hydrogen (secondary N) is 1. The predicted molar refractivity (Wildman–Crippen MR) is 207 cm³/mol. The fourth-order valence-electron chi connectivity index (χ4n) is 10.1. The molecule has 4 N–H and O–H groups in total. The summed E-state index contributed by atoms with van der Waals surface area (Å²) in [5, 5.41) is 39.4. The lowest BCUT2D eigenvalue weighted by atomic mass is 9.45. The minimum atomic E-state index is -2.23. The largest absolute Gasteiger partial charge is 0.460 e. The Balaban J connectivity index is 1.44. The van der Waals surface area contributed by atoms with E-state index in [1.807, 2.05) is 0 Å². The zero-order valence-electron chi connectivity index (χ0n) is 34.6. The molecule has 1 heterocycles. The van der Waals surface area contributed by atoms with E-state index < -0.39 is 118 Å². The number of Topliss-reactive ketones (excluding diaryl/α,β-unsaturated/α-hetero) is 2. The fourth-order valence-corrected chi connectivity index (χ4v) is 10.1. The van der Waals surface area contributed by atoms with Crippen LogP contribution in [0, 0.1) is 28.6 Å². The van der Waals surface area contributed by atoms with Crippen molar-refractivity contribution in [3.8, 4) is 0 Å². The maximum atomic E-state index is 15.0. The fraction of sp³-hybridized carbons (Fsp3) is 0.591. The molecule has 6 rings (SSSR count). The van der Waals surface area contributed by atoms with E-state index >= 15 is 0 Å². The van der Waals surface area contributed by atoms with Crippen molar-refractivity contribution < 1.29 is 67.8 Å². The van der Waals surface area contributed by atoms with Crippen LogP contribution in [0.15, 0.2) is 60.7 Å². The number of hydrogen-bond acceptors (Lipinski definition) is 14. The number of amides is 1. The highest BCUT2D eigenvalue weighted by Crippen LogP contribution is 2.63. The van der Waals surface area contributed by atoms with Crippen LogP contribution >= 0.6 is 0 Å². The van der Waals surface area contributed by atoms with Gasteiger partial charge in [-0.05, 0) is 58.2 Å². The Morgan fingerprint density at radius 2 is 1.56 bits per heavy atom. The number of hydrogen-bond donors (Lipinski definition) is 4. The summed E-state index contributed by atoms with van der Waals surface area (Å²) < 4.78 is 29.6. The van der Waals surface area contributed by atoms with Gasteiger partial charge in [-0.25, -0.2) is 14.4 Å². The third-order valence-electron chi connectivity index (χ3n) is 13.2. The summed E-state index contributed by atoms with van der Waals surface area (Å²) in [6.07, 6.45) is -9.07. The molecule has 0 spiro atoms. The number of ether oxygens (including phenoxy) is 5. The molecule has 59 heavy (non-hydrogen) atoms. The van der Waals surface area contributed by atoms with Gasteiger partial charge in [0, 0.05) is 30.6 Å². The Morgan fingerprint density at radius 1 is 0.949 bits per heavy atom. The first-order chi connectivity index (χ1) is 27.5. The van der Waals surface area contributed by atoms with Crippen molar-refractivity contribution in [2.45, 2.75) is 128 Å². The van der Waals surface area contributed by atoms with E-state index in [-0.39, 0.29) is 31.4 Å². The average molecular weight is 822 g/mol. The van der Waals surface area contributed by atoms with Crippen molar-refractivity contribution in [2.75, 3.05) is 6.61 Å². The molecule has 12 atom stereocenters. The van der Waals surface area contributed by atoms with Crippen molar-refractivity contribution in [2.24, 2.45) is 28.6 Å². The summed E-state index contributed by atoms with van der Waals surface area (Å²) in [5.74, 6) is -8.76. The molecule has 3 aliphatic carbocycles. The van der Waals surface area contributed by atoms with E-state index in [2.05, 4.69) is 5.32 Å². The van der Waals surface area contributed by atoms with Gasteiger partial charge in [-0.3, -0.25) is 14.4 Å². The van der Waals surface area contributed by atoms with Crippen molar-refractivity contribution in [1.82, 2.24) is 5.32 Å². The first-order valence-electron chi connectivity index (χ1n) is 20.0. The third kappa shape index (κ3) is 7.55. The van der Waals surface area contributed by atoms with Gasteiger partial charge < -0.3 is 44.3 Å². The lowest BCUT2D eigenvalue weighted by Gasteiger charge is -2.66. The minimum Gasteiger partial charge on any atom is -0.460 e. The molecule has 3 saturated carbocycles. The number of aliphatic hydroxyl groups is 3. The average Bonchev–Trinajstić information content (AvgIpc) is 3.24. The molecule has 320 valence electrons. The van der Waals surface area contributed by atoms with E-state index in [1.54, 1.807) is 90.1 Å². The predicted octanol–water partition coefficient (Wildman–Crippen LogP) is 3.79. The topological polar surface area (TPSA) is 221 Å². The zero-order chi connectivity index (χ0) is 43.5. The number of rotatable bonds is 8. The number of carbonyl (C=O) groups excluding carboxylic acids is 6. The minimum absolute atomic E-state index is 0.103. The number of benzene rings is 2. The van der Waals surface area contributed by atoms with Crippen LogP contribution in [-0.4, -0.2) is 105 Å². The van der Waals surface area contributed by atoms with Gasteiger partial charge in [0.25, 0.3) is 0 Å². The smallest absolute Gasteiger partial charge is 0.408 e. The molecule has 3 unspecified atom stereocenters. The number of fused-ring (bicyclic) bond motifs is 5. The first-order valence-corrected chi connectivity index (χ1v) is 20.0. The van der Waals surface area contributed by atoms with Gasteiger partial charge in [0.15, 0.2) is 11.7 Å². The second-order valence-electron chi connectivity index (χ2n) is 18.2. The van der Waals surface area contributed by atoms with Gasteiger partial charge in [-0.15, -0.1) is 0 Å². The molecule has 1 amide bonds. The van der Waals surface area contributed by atoms with Crippen LogP contribution in [0.4, 0.5) is 4.79 Å². The molecule has 15 heteroatoms. The SMILES string of the molecule is CC(=O)O[C@@]12CO[C@@H]1C[C@H](O)[C@@]1(C)C(=O)C(=O)C3C(C)[C@@H](OC(=O)[C@H](O)C(NC(=O)OC(C)(C)C)c4ccccc4)CC[C@@](O)([C@@H](OC(=O)c4ccccc4)[C@H]21)C3(C)C. The number of ketones is 2. The summed E-state index contributed by atoms with van der Waals surface area (Å²) in [7, 11) is 0. The van der Waals surface area contributed by atoms with Gasteiger partial charge >= 0.3 is 24.0 Å². The quantitative estimate of drug-likeness (QED) is 0.169.